The van der Waals surface area contributed by atoms with Gasteiger partial charge in [-0.05, 0) is 42.0 Å². The Kier molecular flexibility index (Phi) is 5.34. The van der Waals surface area contributed by atoms with Crippen molar-refractivity contribution in [2.45, 2.75) is 16.1 Å². The minimum Gasteiger partial charge on any atom is -0.393 e. The Hall–Kier alpha value is -1.18. The largest absolute Gasteiger partial charge is 0.393 e. The molecule has 1 fully saturated rings. The molecule has 0 amide bonds. The smallest absolute Gasteiger partial charge is 0.182 e. The van der Waals surface area contributed by atoms with Crippen LogP contribution in [-0.2, 0) is 14.6 Å². The van der Waals surface area contributed by atoms with E-state index < -0.39 is 26.4 Å². The molecule has 8 heteroatoms. The number of thiocarbonyl (C=S) groups is 1. The van der Waals surface area contributed by atoms with Crippen LogP contribution in [0.3, 0.4) is 0 Å². The maximum atomic E-state index is 13.3. The Morgan fingerprint density at radius 3 is 2.08 bits per heavy atom. The summed E-state index contributed by atoms with van der Waals surface area (Å²) in [5.41, 5.74) is 5.85. The molecule has 26 heavy (non-hydrogen) atoms. The van der Waals surface area contributed by atoms with Crippen LogP contribution < -0.4 is 5.73 Å². The molecule has 0 saturated heterocycles. The van der Waals surface area contributed by atoms with Crippen molar-refractivity contribution in [2.75, 3.05) is 13.7 Å². The SMILES string of the molecule is COC[C@]1(C(N)=S)[C@H](c2ccc(Cl)cc2)[C@@H]1S(=O)(=O)c1ccc(Cl)cc1. The lowest BCUT2D eigenvalue weighted by Gasteiger charge is -2.16. The first-order valence-corrected chi connectivity index (χ1v) is 10.5. The molecule has 1 saturated carbocycles. The lowest BCUT2D eigenvalue weighted by Crippen LogP contribution is -2.33. The molecule has 3 atom stereocenters. The van der Waals surface area contributed by atoms with Crippen LogP contribution in [-0.4, -0.2) is 32.4 Å². The molecule has 138 valence electrons. The maximum Gasteiger partial charge on any atom is 0.182 e. The van der Waals surface area contributed by atoms with Gasteiger partial charge in [-0.3, -0.25) is 0 Å². The highest BCUT2D eigenvalue weighted by atomic mass is 35.5. The van der Waals surface area contributed by atoms with Gasteiger partial charge >= 0.3 is 0 Å². The topological polar surface area (TPSA) is 69.4 Å². The van der Waals surface area contributed by atoms with Gasteiger partial charge < -0.3 is 10.5 Å². The molecule has 2 aromatic rings. The molecule has 0 spiro atoms. The minimum atomic E-state index is -3.70. The molecule has 0 radical (unpaired) electrons. The predicted molar refractivity (Wildman–Crippen MR) is 108 cm³/mol. The van der Waals surface area contributed by atoms with Gasteiger partial charge in [-0.15, -0.1) is 0 Å². The van der Waals surface area contributed by atoms with Gasteiger partial charge in [0.05, 0.1) is 27.2 Å². The van der Waals surface area contributed by atoms with Crippen LogP contribution >= 0.6 is 35.4 Å². The van der Waals surface area contributed by atoms with Crippen molar-refractivity contribution in [2.24, 2.45) is 11.1 Å². The summed E-state index contributed by atoms with van der Waals surface area (Å²) >= 11 is 17.1. The number of ether oxygens (including phenoxy) is 1. The van der Waals surface area contributed by atoms with Crippen molar-refractivity contribution in [1.82, 2.24) is 0 Å². The van der Waals surface area contributed by atoms with Crippen molar-refractivity contribution >= 4 is 50.2 Å². The second-order valence-corrected chi connectivity index (χ2v) is 9.67. The van der Waals surface area contributed by atoms with E-state index in [9.17, 15) is 8.42 Å². The fraction of sp³-hybridized carbons (Fsp3) is 0.278. The zero-order chi connectivity index (χ0) is 19.1. The van der Waals surface area contributed by atoms with Crippen molar-refractivity contribution in [3.8, 4) is 0 Å². The van der Waals surface area contributed by atoms with E-state index in [-0.39, 0.29) is 16.5 Å². The molecule has 3 rings (SSSR count). The van der Waals surface area contributed by atoms with Crippen molar-refractivity contribution in [3.05, 3.63) is 64.1 Å². The molecule has 0 heterocycles. The fourth-order valence-corrected chi connectivity index (χ4v) is 6.57. The average Bonchev–Trinajstić information content (AvgIpc) is 3.27. The third-order valence-electron chi connectivity index (χ3n) is 4.80. The lowest BCUT2D eigenvalue weighted by molar-refractivity contribution is 0.166. The number of nitrogens with two attached hydrogens (primary N) is 1. The van der Waals surface area contributed by atoms with E-state index in [1.54, 1.807) is 36.4 Å². The van der Waals surface area contributed by atoms with Gasteiger partial charge in [0.2, 0.25) is 0 Å². The van der Waals surface area contributed by atoms with Gasteiger partial charge in [-0.25, -0.2) is 8.42 Å². The first kappa shape index (κ1) is 19.6. The molecule has 0 bridgehead atoms. The molecule has 0 aromatic heterocycles. The van der Waals surface area contributed by atoms with Gasteiger partial charge in [-0.2, -0.15) is 0 Å². The summed E-state index contributed by atoms with van der Waals surface area (Å²) in [7, 11) is -2.20. The van der Waals surface area contributed by atoms with Crippen molar-refractivity contribution in [1.29, 1.82) is 0 Å². The van der Waals surface area contributed by atoms with Crippen LogP contribution in [0.2, 0.25) is 10.0 Å². The van der Waals surface area contributed by atoms with Gasteiger partial charge in [0.15, 0.2) is 9.84 Å². The second kappa shape index (κ2) is 7.09. The molecule has 2 aromatic carbocycles. The van der Waals surface area contributed by atoms with Crippen LogP contribution in [0, 0.1) is 5.41 Å². The van der Waals surface area contributed by atoms with Crippen LogP contribution in [0.4, 0.5) is 0 Å². The first-order valence-electron chi connectivity index (χ1n) is 7.79. The Morgan fingerprint density at radius 1 is 1.12 bits per heavy atom. The quantitative estimate of drug-likeness (QED) is 0.705. The molecule has 2 N–H and O–H groups in total. The van der Waals surface area contributed by atoms with Gasteiger partial charge in [0.25, 0.3) is 0 Å². The summed E-state index contributed by atoms with van der Waals surface area (Å²) in [5.74, 6) is -0.405. The standard InChI is InChI=1S/C18H17Cl2NO3S2/c1-24-10-18(17(21)25)15(11-2-4-12(19)5-3-11)16(18)26(22,23)14-8-6-13(20)7-9-14/h2-9,15-16H,10H2,1H3,(H2,21,25)/t15-,16+,18+/m1/s1. The van der Waals surface area contributed by atoms with Gasteiger partial charge in [-0.1, -0.05) is 47.6 Å². The third kappa shape index (κ3) is 3.14. The molecule has 1 aliphatic rings. The highest BCUT2D eigenvalue weighted by Gasteiger charge is 2.73. The predicted octanol–water partition coefficient (Wildman–Crippen LogP) is 3.85. The highest BCUT2D eigenvalue weighted by Crippen LogP contribution is 2.64. The fourth-order valence-electron chi connectivity index (χ4n) is 3.55. The Morgan fingerprint density at radius 2 is 1.62 bits per heavy atom. The van der Waals surface area contributed by atoms with E-state index in [0.717, 1.165) is 5.56 Å². The number of methoxy groups -OCH3 is 1. The van der Waals surface area contributed by atoms with Gasteiger partial charge in [0.1, 0.15) is 0 Å². The van der Waals surface area contributed by atoms with Crippen LogP contribution in [0.5, 0.6) is 0 Å². The molecule has 1 aliphatic carbocycles. The van der Waals surface area contributed by atoms with Crippen molar-refractivity contribution < 1.29 is 13.2 Å². The Bertz CT molecular complexity index is 930. The summed E-state index contributed by atoms with van der Waals surface area (Å²) in [6.07, 6.45) is 0. The minimum absolute atomic E-state index is 0.118. The van der Waals surface area contributed by atoms with Crippen LogP contribution in [0.15, 0.2) is 53.4 Å². The zero-order valence-electron chi connectivity index (χ0n) is 13.9. The van der Waals surface area contributed by atoms with E-state index >= 15 is 0 Å². The number of hydrogen-bond donors (Lipinski definition) is 1. The Labute approximate surface area is 168 Å². The van der Waals surface area contributed by atoms with Gasteiger partial charge in [0, 0.05) is 23.1 Å². The lowest BCUT2D eigenvalue weighted by atomic mass is 10.00. The summed E-state index contributed by atoms with van der Waals surface area (Å²) in [6, 6.07) is 13.1. The molecule has 0 aliphatic heterocycles. The van der Waals surface area contributed by atoms with Crippen LogP contribution in [0.1, 0.15) is 11.5 Å². The zero-order valence-corrected chi connectivity index (χ0v) is 17.0. The summed E-state index contributed by atoms with van der Waals surface area (Å²) in [5, 5.41) is 0.223. The van der Waals surface area contributed by atoms with E-state index in [0.29, 0.717) is 10.0 Å². The number of sulfone groups is 1. The number of rotatable bonds is 6. The number of benzene rings is 2. The second-order valence-electron chi connectivity index (χ2n) is 6.29. The molecule has 4 nitrogen and oxygen atoms in total. The maximum absolute atomic E-state index is 13.3. The molecular weight excluding hydrogens is 413 g/mol. The number of halogens is 2. The van der Waals surface area contributed by atoms with E-state index in [1.165, 1.54) is 19.2 Å². The van der Waals surface area contributed by atoms with Crippen LogP contribution in [0.25, 0.3) is 0 Å². The Balaban J connectivity index is 2.11. The van der Waals surface area contributed by atoms with Crippen molar-refractivity contribution in [3.63, 3.8) is 0 Å². The van der Waals surface area contributed by atoms with E-state index in [4.69, 9.17) is 45.9 Å². The van der Waals surface area contributed by atoms with E-state index in [1.807, 2.05) is 0 Å². The first-order chi connectivity index (χ1) is 12.2. The summed E-state index contributed by atoms with van der Waals surface area (Å²) in [4.78, 5) is 0.307. The monoisotopic (exact) mass is 429 g/mol. The average molecular weight is 430 g/mol. The summed E-state index contributed by atoms with van der Waals surface area (Å²) < 4.78 is 31.9. The number of hydrogen-bond acceptors (Lipinski definition) is 4. The third-order valence-corrected chi connectivity index (χ3v) is 7.98. The summed E-state index contributed by atoms with van der Waals surface area (Å²) in [6.45, 7) is 0.118. The molecule has 0 unspecified atom stereocenters. The van der Waals surface area contributed by atoms with E-state index in [2.05, 4.69) is 0 Å². The normalized spacial score (nSPS) is 25.0. The molecular formula is C18H17Cl2NO3S2. The highest BCUT2D eigenvalue weighted by molar-refractivity contribution is 7.92.